The Labute approximate surface area is 141 Å². The van der Waals surface area contributed by atoms with Crippen LogP contribution in [0.15, 0.2) is 40.1 Å². The topological polar surface area (TPSA) is 58.5 Å². The van der Waals surface area contributed by atoms with E-state index in [0.29, 0.717) is 16.7 Å². The Morgan fingerprint density at radius 1 is 1.35 bits per heavy atom. The van der Waals surface area contributed by atoms with Crippen molar-refractivity contribution >= 4 is 29.3 Å². The van der Waals surface area contributed by atoms with Gasteiger partial charge in [-0.25, -0.2) is 4.99 Å². The number of amides is 2. The molecule has 3 aliphatic rings. The second-order valence-electron chi connectivity index (χ2n) is 6.35. The molecule has 1 unspecified atom stereocenters. The lowest BCUT2D eigenvalue weighted by Gasteiger charge is -2.28. The van der Waals surface area contributed by atoms with Gasteiger partial charge in [0.15, 0.2) is 0 Å². The monoisotopic (exact) mass is 330 g/mol. The van der Waals surface area contributed by atoms with Gasteiger partial charge in [0.2, 0.25) is 0 Å². The SMILES string of the molecule is CC1=C(C)C2C=CC(=NC(=O)CSC3CCCC3)C=C2NC1=O. The quantitative estimate of drug-likeness (QED) is 0.865. The number of carbonyl (C=O) groups is 2. The lowest BCUT2D eigenvalue weighted by Crippen LogP contribution is -2.35. The Kier molecular flexibility index (Phi) is 4.85. The van der Waals surface area contributed by atoms with E-state index in [1.54, 1.807) is 11.8 Å². The van der Waals surface area contributed by atoms with Crippen LogP contribution in [0, 0.1) is 5.92 Å². The van der Waals surface area contributed by atoms with E-state index in [2.05, 4.69) is 10.3 Å². The van der Waals surface area contributed by atoms with Crippen LogP contribution in [0.25, 0.3) is 0 Å². The number of allylic oxidation sites excluding steroid dienone is 3. The molecule has 0 saturated heterocycles. The van der Waals surface area contributed by atoms with Gasteiger partial charge < -0.3 is 5.32 Å². The molecule has 1 aliphatic heterocycles. The van der Waals surface area contributed by atoms with Gasteiger partial charge in [0, 0.05) is 22.4 Å². The maximum absolute atomic E-state index is 12.0. The number of carbonyl (C=O) groups excluding carboxylic acids is 2. The summed E-state index contributed by atoms with van der Waals surface area (Å²) in [5.74, 6) is 0.374. The Hall–Kier alpha value is -1.62. The maximum Gasteiger partial charge on any atom is 0.256 e. The maximum atomic E-state index is 12.0. The Bertz CT molecular complexity index is 652. The van der Waals surface area contributed by atoms with Crippen LogP contribution in [-0.2, 0) is 9.59 Å². The number of hydrogen-bond donors (Lipinski definition) is 1. The van der Waals surface area contributed by atoms with Crippen molar-refractivity contribution in [3.05, 3.63) is 35.1 Å². The van der Waals surface area contributed by atoms with Gasteiger partial charge in [0.25, 0.3) is 11.8 Å². The molecular weight excluding hydrogens is 308 g/mol. The fraction of sp³-hybridized carbons (Fsp3) is 0.500. The van der Waals surface area contributed by atoms with Gasteiger partial charge in [-0.15, -0.1) is 11.8 Å². The van der Waals surface area contributed by atoms with E-state index < -0.39 is 0 Å². The average molecular weight is 330 g/mol. The van der Waals surface area contributed by atoms with Crippen LogP contribution in [0.3, 0.4) is 0 Å². The first-order valence-electron chi connectivity index (χ1n) is 8.16. The number of thioether (sulfide) groups is 1. The highest BCUT2D eigenvalue weighted by Gasteiger charge is 2.27. The molecule has 2 aliphatic carbocycles. The summed E-state index contributed by atoms with van der Waals surface area (Å²) < 4.78 is 0. The molecule has 0 spiro atoms. The van der Waals surface area contributed by atoms with Gasteiger partial charge in [0.05, 0.1) is 11.5 Å². The van der Waals surface area contributed by atoms with Crippen molar-refractivity contribution < 1.29 is 9.59 Å². The molecule has 0 aromatic heterocycles. The first kappa shape index (κ1) is 16.2. The zero-order valence-electron chi connectivity index (χ0n) is 13.6. The molecule has 1 N–H and O–H groups in total. The number of fused-ring (bicyclic) bond motifs is 1. The molecule has 4 nitrogen and oxygen atoms in total. The van der Waals surface area contributed by atoms with Crippen molar-refractivity contribution in [2.75, 3.05) is 5.75 Å². The number of nitrogens with one attached hydrogen (secondary N) is 1. The second kappa shape index (κ2) is 6.87. The summed E-state index contributed by atoms with van der Waals surface area (Å²) in [6.07, 6.45) is 10.7. The summed E-state index contributed by atoms with van der Waals surface area (Å²) in [5, 5.41) is 3.52. The minimum absolute atomic E-state index is 0.0669. The first-order valence-corrected chi connectivity index (χ1v) is 9.21. The molecule has 1 heterocycles. The third-order valence-electron chi connectivity index (χ3n) is 4.75. The third kappa shape index (κ3) is 3.66. The molecule has 3 rings (SSSR count). The summed E-state index contributed by atoms with van der Waals surface area (Å²) in [6, 6.07) is 0. The Balaban J connectivity index is 1.66. The molecule has 0 radical (unpaired) electrons. The van der Waals surface area contributed by atoms with Gasteiger partial charge in [-0.3, -0.25) is 9.59 Å². The van der Waals surface area contributed by atoms with Crippen molar-refractivity contribution in [2.24, 2.45) is 10.9 Å². The van der Waals surface area contributed by atoms with Gasteiger partial charge in [-0.2, -0.15) is 0 Å². The molecule has 23 heavy (non-hydrogen) atoms. The van der Waals surface area contributed by atoms with Crippen LogP contribution >= 0.6 is 11.8 Å². The lowest BCUT2D eigenvalue weighted by atomic mass is 9.85. The molecule has 0 bridgehead atoms. The summed E-state index contributed by atoms with van der Waals surface area (Å²) in [7, 11) is 0. The van der Waals surface area contributed by atoms with E-state index in [1.807, 2.05) is 32.1 Å². The third-order valence-corrected chi connectivity index (χ3v) is 6.11. The zero-order valence-corrected chi connectivity index (χ0v) is 14.4. The largest absolute Gasteiger partial charge is 0.325 e. The minimum Gasteiger partial charge on any atom is -0.325 e. The van der Waals surface area contributed by atoms with Gasteiger partial charge in [-0.1, -0.05) is 24.5 Å². The van der Waals surface area contributed by atoms with Crippen LogP contribution in [0.4, 0.5) is 0 Å². The molecular formula is C18H22N2O2S. The number of hydrogen-bond acceptors (Lipinski definition) is 3. The molecule has 2 amide bonds. The van der Waals surface area contributed by atoms with Crippen molar-refractivity contribution in [2.45, 2.75) is 44.8 Å². The summed E-state index contributed by atoms with van der Waals surface area (Å²) >= 11 is 1.73. The highest BCUT2D eigenvalue weighted by atomic mass is 32.2. The van der Waals surface area contributed by atoms with Crippen LogP contribution < -0.4 is 5.32 Å². The Morgan fingerprint density at radius 2 is 2.09 bits per heavy atom. The smallest absolute Gasteiger partial charge is 0.256 e. The fourth-order valence-corrected chi connectivity index (χ4v) is 4.32. The van der Waals surface area contributed by atoms with Crippen molar-refractivity contribution in [1.29, 1.82) is 0 Å². The van der Waals surface area contributed by atoms with Gasteiger partial charge >= 0.3 is 0 Å². The van der Waals surface area contributed by atoms with E-state index in [0.717, 1.165) is 16.8 Å². The standard InChI is InChI=1S/C18H22N2O2S/c1-11-12(2)18(22)20-16-9-13(7-8-15(11)16)19-17(21)10-23-14-5-3-4-6-14/h7-9,14-15H,3-6,10H2,1-2H3,(H,20,22). The van der Waals surface area contributed by atoms with Crippen molar-refractivity contribution in [3.63, 3.8) is 0 Å². The number of nitrogens with zero attached hydrogens (tertiary/aromatic N) is 1. The molecule has 122 valence electrons. The summed E-state index contributed by atoms with van der Waals surface area (Å²) in [6.45, 7) is 3.81. The molecule has 5 heteroatoms. The van der Waals surface area contributed by atoms with E-state index in [1.165, 1.54) is 25.7 Å². The van der Waals surface area contributed by atoms with Crippen molar-refractivity contribution in [1.82, 2.24) is 5.32 Å². The minimum atomic E-state index is -0.0950. The van der Waals surface area contributed by atoms with Crippen LogP contribution in [-0.4, -0.2) is 28.5 Å². The normalized spacial score (nSPS) is 26.3. The fourth-order valence-electron chi connectivity index (χ4n) is 3.21. The molecule has 0 aromatic rings. The number of aliphatic imine (C=N–C) groups is 1. The van der Waals surface area contributed by atoms with Crippen molar-refractivity contribution in [3.8, 4) is 0 Å². The summed E-state index contributed by atoms with van der Waals surface area (Å²) in [5.41, 5.74) is 3.26. The predicted molar refractivity (Wildman–Crippen MR) is 94.4 cm³/mol. The first-order chi connectivity index (χ1) is 11.0. The molecule has 1 atom stereocenters. The van der Waals surface area contributed by atoms with Crippen LogP contribution in [0.2, 0.25) is 0 Å². The predicted octanol–water partition coefficient (Wildman–Crippen LogP) is 3.17. The summed E-state index contributed by atoms with van der Waals surface area (Å²) in [4.78, 5) is 28.1. The van der Waals surface area contributed by atoms with E-state index in [-0.39, 0.29) is 17.7 Å². The van der Waals surface area contributed by atoms with Crippen LogP contribution in [0.1, 0.15) is 39.5 Å². The lowest BCUT2D eigenvalue weighted by molar-refractivity contribution is -0.117. The highest BCUT2D eigenvalue weighted by Crippen LogP contribution is 2.31. The van der Waals surface area contributed by atoms with E-state index in [9.17, 15) is 9.59 Å². The van der Waals surface area contributed by atoms with Gasteiger partial charge in [-0.05, 0) is 38.8 Å². The van der Waals surface area contributed by atoms with Crippen LogP contribution in [0.5, 0.6) is 0 Å². The molecule has 0 aromatic carbocycles. The molecule has 1 fully saturated rings. The van der Waals surface area contributed by atoms with E-state index >= 15 is 0 Å². The Morgan fingerprint density at radius 3 is 2.83 bits per heavy atom. The molecule has 1 saturated carbocycles. The zero-order chi connectivity index (χ0) is 16.4. The van der Waals surface area contributed by atoms with Gasteiger partial charge in [0.1, 0.15) is 0 Å². The second-order valence-corrected chi connectivity index (χ2v) is 7.64. The van der Waals surface area contributed by atoms with E-state index in [4.69, 9.17) is 0 Å². The number of rotatable bonds is 3. The highest BCUT2D eigenvalue weighted by molar-refractivity contribution is 8.00. The average Bonchev–Trinajstić information content (AvgIpc) is 3.04.